The molecule has 94 valence electrons. The largest absolute Gasteiger partial charge is 0.360 e. The summed E-state index contributed by atoms with van der Waals surface area (Å²) in [5, 5.41) is 9.34. The van der Waals surface area contributed by atoms with Crippen molar-refractivity contribution in [2.45, 2.75) is 6.92 Å². The molecule has 2 heterocycles. The van der Waals surface area contributed by atoms with Gasteiger partial charge in [-0.05, 0) is 6.92 Å². The number of aromatic nitrogens is 1. The number of hydrogen-bond donors (Lipinski definition) is 3. The highest BCUT2D eigenvalue weighted by molar-refractivity contribution is 6.28. The maximum absolute atomic E-state index is 11.7. The van der Waals surface area contributed by atoms with Crippen LogP contribution in [0.25, 0.3) is 0 Å². The van der Waals surface area contributed by atoms with Crippen LogP contribution in [0.4, 0.5) is 10.6 Å². The van der Waals surface area contributed by atoms with E-state index in [1.54, 1.807) is 6.92 Å². The lowest BCUT2D eigenvalue weighted by molar-refractivity contribution is -0.141. The zero-order valence-corrected chi connectivity index (χ0v) is 9.14. The molecular weight excluding hydrogens is 244 g/mol. The molecule has 0 aliphatic carbocycles. The van der Waals surface area contributed by atoms with Gasteiger partial charge in [-0.25, -0.2) is 4.79 Å². The summed E-state index contributed by atoms with van der Waals surface area (Å²) in [5.74, 6) is -3.97. The monoisotopic (exact) mass is 252 g/mol. The van der Waals surface area contributed by atoms with E-state index in [4.69, 9.17) is 4.52 Å². The van der Waals surface area contributed by atoms with Crippen molar-refractivity contribution < 1.29 is 23.7 Å². The Hall–Kier alpha value is -2.71. The molecule has 18 heavy (non-hydrogen) atoms. The van der Waals surface area contributed by atoms with Crippen molar-refractivity contribution in [2.24, 2.45) is 5.92 Å². The highest BCUT2D eigenvalue weighted by Gasteiger charge is 2.40. The molecule has 0 bridgehead atoms. The topological polar surface area (TPSA) is 130 Å². The number of amides is 5. The van der Waals surface area contributed by atoms with E-state index < -0.39 is 29.7 Å². The van der Waals surface area contributed by atoms with Gasteiger partial charge in [-0.3, -0.25) is 25.0 Å². The summed E-state index contributed by atoms with van der Waals surface area (Å²) in [6, 6.07) is 0.466. The van der Waals surface area contributed by atoms with Gasteiger partial charge in [-0.2, -0.15) is 0 Å². The second kappa shape index (κ2) is 4.28. The van der Waals surface area contributed by atoms with Gasteiger partial charge in [0.2, 0.25) is 17.7 Å². The lowest BCUT2D eigenvalue weighted by Crippen LogP contribution is -2.58. The van der Waals surface area contributed by atoms with Crippen molar-refractivity contribution in [3.05, 3.63) is 11.8 Å². The Morgan fingerprint density at radius 3 is 2.44 bits per heavy atom. The molecule has 0 aromatic carbocycles. The van der Waals surface area contributed by atoms with Gasteiger partial charge in [0.05, 0.1) is 0 Å². The standard InChI is InChI=1S/C9H8N4O5/c1-3-2-4(13-18-3)10-6(14)5-7(15)11-9(17)12-8(5)16/h2,5H,1H3,(H,10,13,14)(H2,11,12,15,16,17). The van der Waals surface area contributed by atoms with E-state index in [-0.39, 0.29) is 5.82 Å². The van der Waals surface area contributed by atoms with Crippen molar-refractivity contribution >= 4 is 29.6 Å². The Bertz CT molecular complexity index is 529. The van der Waals surface area contributed by atoms with Crippen molar-refractivity contribution in [3.8, 4) is 0 Å². The Balaban J connectivity index is 2.11. The predicted molar refractivity (Wildman–Crippen MR) is 55.0 cm³/mol. The summed E-state index contributed by atoms with van der Waals surface area (Å²) in [7, 11) is 0. The SMILES string of the molecule is Cc1cc(NC(=O)C2C(=O)NC(=O)NC2=O)no1. The van der Waals surface area contributed by atoms with Gasteiger partial charge in [-0.1, -0.05) is 5.16 Å². The number of hydrogen-bond acceptors (Lipinski definition) is 6. The average Bonchev–Trinajstić information content (AvgIpc) is 2.62. The lowest BCUT2D eigenvalue weighted by atomic mass is 10.1. The molecule has 5 amide bonds. The predicted octanol–water partition coefficient (Wildman–Crippen LogP) is -1.10. The number of rotatable bonds is 2. The third kappa shape index (κ3) is 2.19. The van der Waals surface area contributed by atoms with Crippen LogP contribution >= 0.6 is 0 Å². The summed E-state index contributed by atoms with van der Waals surface area (Å²) in [6.45, 7) is 1.61. The molecule has 9 nitrogen and oxygen atoms in total. The number of barbiturate groups is 1. The van der Waals surface area contributed by atoms with E-state index in [1.807, 2.05) is 10.6 Å². The summed E-state index contributed by atoms with van der Waals surface area (Å²) in [6.07, 6.45) is 0. The van der Waals surface area contributed by atoms with E-state index in [1.165, 1.54) is 6.07 Å². The van der Waals surface area contributed by atoms with E-state index in [0.29, 0.717) is 5.76 Å². The van der Waals surface area contributed by atoms with Crippen LogP contribution in [-0.4, -0.2) is 28.9 Å². The second-order valence-electron chi connectivity index (χ2n) is 3.55. The first kappa shape index (κ1) is 11.8. The summed E-state index contributed by atoms with van der Waals surface area (Å²) in [5.41, 5.74) is 0. The minimum absolute atomic E-state index is 0.0787. The molecule has 9 heteroatoms. The molecule has 1 fully saturated rings. The number of carbonyl (C=O) groups excluding carboxylic acids is 4. The Morgan fingerprint density at radius 2 is 1.94 bits per heavy atom. The number of aryl methyl sites for hydroxylation is 1. The first-order valence-corrected chi connectivity index (χ1v) is 4.87. The Morgan fingerprint density at radius 1 is 1.33 bits per heavy atom. The van der Waals surface area contributed by atoms with E-state index in [0.717, 1.165) is 0 Å². The molecule has 1 saturated heterocycles. The molecule has 1 aliphatic rings. The minimum atomic E-state index is -1.64. The van der Waals surface area contributed by atoms with Gasteiger partial charge in [0, 0.05) is 6.07 Å². The number of imide groups is 2. The van der Waals surface area contributed by atoms with E-state index in [9.17, 15) is 19.2 Å². The van der Waals surface area contributed by atoms with Crippen LogP contribution in [0.15, 0.2) is 10.6 Å². The zero-order chi connectivity index (χ0) is 13.3. The maximum Gasteiger partial charge on any atom is 0.328 e. The molecule has 0 spiro atoms. The van der Waals surface area contributed by atoms with Crippen LogP contribution in [0.3, 0.4) is 0 Å². The Kier molecular flexibility index (Phi) is 2.80. The fourth-order valence-electron chi connectivity index (χ4n) is 1.38. The van der Waals surface area contributed by atoms with Crippen LogP contribution < -0.4 is 16.0 Å². The van der Waals surface area contributed by atoms with Crippen molar-refractivity contribution in [2.75, 3.05) is 5.32 Å². The maximum atomic E-state index is 11.7. The summed E-state index contributed by atoms with van der Waals surface area (Å²) < 4.78 is 4.70. The first-order chi connectivity index (χ1) is 8.47. The highest BCUT2D eigenvalue weighted by Crippen LogP contribution is 2.10. The summed E-state index contributed by atoms with van der Waals surface area (Å²) >= 11 is 0. The number of carbonyl (C=O) groups is 4. The average molecular weight is 252 g/mol. The molecule has 3 N–H and O–H groups in total. The zero-order valence-electron chi connectivity index (χ0n) is 9.14. The smallest absolute Gasteiger partial charge is 0.328 e. The molecule has 0 atom stereocenters. The van der Waals surface area contributed by atoms with Gasteiger partial charge in [-0.15, -0.1) is 0 Å². The molecule has 0 radical (unpaired) electrons. The molecular formula is C9H8N4O5. The normalized spacial score (nSPS) is 16.2. The van der Waals surface area contributed by atoms with Gasteiger partial charge >= 0.3 is 6.03 Å². The van der Waals surface area contributed by atoms with Crippen LogP contribution in [0.1, 0.15) is 5.76 Å². The molecule has 1 aromatic rings. The fraction of sp³-hybridized carbons (Fsp3) is 0.222. The number of nitrogens with zero attached hydrogens (tertiary/aromatic N) is 1. The molecule has 0 saturated carbocycles. The van der Waals surface area contributed by atoms with Crippen LogP contribution in [-0.2, 0) is 14.4 Å². The molecule has 1 aromatic heterocycles. The lowest BCUT2D eigenvalue weighted by Gasteiger charge is -2.19. The quantitative estimate of drug-likeness (QED) is 0.573. The number of urea groups is 1. The highest BCUT2D eigenvalue weighted by atomic mass is 16.5. The van der Waals surface area contributed by atoms with E-state index in [2.05, 4.69) is 10.5 Å². The van der Waals surface area contributed by atoms with Gasteiger partial charge in [0.15, 0.2) is 11.7 Å². The minimum Gasteiger partial charge on any atom is -0.360 e. The van der Waals surface area contributed by atoms with Crippen molar-refractivity contribution in [1.29, 1.82) is 0 Å². The van der Waals surface area contributed by atoms with Crippen molar-refractivity contribution in [3.63, 3.8) is 0 Å². The molecule has 0 unspecified atom stereocenters. The van der Waals surface area contributed by atoms with Gasteiger partial charge < -0.3 is 9.84 Å². The van der Waals surface area contributed by atoms with Crippen LogP contribution in [0, 0.1) is 12.8 Å². The Labute approximate surface area is 99.9 Å². The first-order valence-electron chi connectivity index (χ1n) is 4.87. The van der Waals surface area contributed by atoms with Crippen LogP contribution in [0.5, 0.6) is 0 Å². The van der Waals surface area contributed by atoms with E-state index >= 15 is 0 Å². The number of anilines is 1. The summed E-state index contributed by atoms with van der Waals surface area (Å²) in [4.78, 5) is 45.2. The second-order valence-corrected chi connectivity index (χ2v) is 3.55. The number of nitrogens with one attached hydrogen (secondary N) is 3. The van der Waals surface area contributed by atoms with Gasteiger partial charge in [0.25, 0.3) is 0 Å². The third-order valence-electron chi connectivity index (χ3n) is 2.14. The molecule has 1 aliphatic heterocycles. The van der Waals surface area contributed by atoms with Crippen LogP contribution in [0.2, 0.25) is 0 Å². The molecule has 2 rings (SSSR count). The van der Waals surface area contributed by atoms with Gasteiger partial charge in [0.1, 0.15) is 5.76 Å². The third-order valence-corrected chi connectivity index (χ3v) is 2.14. The van der Waals surface area contributed by atoms with Crippen molar-refractivity contribution in [1.82, 2.24) is 15.8 Å². The fourth-order valence-corrected chi connectivity index (χ4v) is 1.38.